The molecular formula is C10H13ClN2O3S. The van der Waals surface area contributed by atoms with Crippen LogP contribution in [0.5, 0.6) is 0 Å². The van der Waals surface area contributed by atoms with Gasteiger partial charge >= 0.3 is 0 Å². The third-order valence-corrected chi connectivity index (χ3v) is 3.14. The molecule has 7 heteroatoms. The minimum atomic E-state index is -3.71. The summed E-state index contributed by atoms with van der Waals surface area (Å²) in [7, 11) is -3.71. The molecule has 0 aliphatic rings. The summed E-state index contributed by atoms with van der Waals surface area (Å²) < 4.78 is 22.2. The number of nitrogens with one attached hydrogen (secondary N) is 1. The van der Waals surface area contributed by atoms with Gasteiger partial charge in [-0.1, -0.05) is 12.1 Å². The number of alkyl halides is 1. The molecule has 17 heavy (non-hydrogen) atoms. The molecule has 0 saturated carbocycles. The highest BCUT2D eigenvalue weighted by atomic mass is 35.5. The lowest BCUT2D eigenvalue weighted by Gasteiger charge is -2.05. The normalized spacial score (nSPS) is 11.2. The van der Waals surface area contributed by atoms with Gasteiger partial charge in [-0.15, -0.1) is 11.6 Å². The molecule has 1 rings (SSSR count). The van der Waals surface area contributed by atoms with Gasteiger partial charge in [-0.3, -0.25) is 4.79 Å². The molecule has 0 aromatic heterocycles. The first kappa shape index (κ1) is 14.0. The summed E-state index contributed by atoms with van der Waals surface area (Å²) in [6, 6.07) is 6.11. The van der Waals surface area contributed by atoms with Crippen LogP contribution in [-0.2, 0) is 21.4 Å². The first-order valence-corrected chi connectivity index (χ1v) is 6.96. The van der Waals surface area contributed by atoms with Gasteiger partial charge in [0.05, 0.1) is 4.90 Å². The molecule has 0 bridgehead atoms. The Morgan fingerprint density at radius 2 is 2.12 bits per heavy atom. The Balaban J connectivity index is 2.70. The molecule has 0 unspecified atom stereocenters. The molecule has 1 aromatic carbocycles. The number of hydrogen-bond acceptors (Lipinski definition) is 3. The van der Waals surface area contributed by atoms with Crippen molar-refractivity contribution in [2.45, 2.75) is 17.9 Å². The Morgan fingerprint density at radius 3 is 2.71 bits per heavy atom. The zero-order chi connectivity index (χ0) is 12.9. The Hall–Kier alpha value is -1.11. The molecule has 0 aliphatic carbocycles. The van der Waals surface area contributed by atoms with Crippen LogP contribution in [0.3, 0.4) is 0 Å². The number of hydrogen-bond donors (Lipinski definition) is 2. The second kappa shape index (κ2) is 6.00. The van der Waals surface area contributed by atoms with Crippen molar-refractivity contribution in [1.82, 2.24) is 5.32 Å². The Labute approximate surface area is 105 Å². The quantitative estimate of drug-likeness (QED) is 0.771. The van der Waals surface area contributed by atoms with E-state index in [4.69, 9.17) is 16.7 Å². The van der Waals surface area contributed by atoms with Gasteiger partial charge in [0, 0.05) is 18.8 Å². The fourth-order valence-electron chi connectivity index (χ4n) is 1.21. The van der Waals surface area contributed by atoms with Crippen molar-refractivity contribution < 1.29 is 13.2 Å². The van der Waals surface area contributed by atoms with E-state index in [0.717, 1.165) is 0 Å². The zero-order valence-corrected chi connectivity index (χ0v) is 10.6. The number of nitrogens with two attached hydrogens (primary N) is 1. The van der Waals surface area contributed by atoms with Crippen LogP contribution in [0.4, 0.5) is 0 Å². The van der Waals surface area contributed by atoms with E-state index in [1.165, 1.54) is 12.1 Å². The number of carbonyl (C=O) groups is 1. The van der Waals surface area contributed by atoms with Gasteiger partial charge in [0.1, 0.15) is 0 Å². The van der Waals surface area contributed by atoms with Gasteiger partial charge in [-0.05, 0) is 17.7 Å². The maximum absolute atomic E-state index is 11.2. The number of sulfonamides is 1. The van der Waals surface area contributed by atoms with Crippen LogP contribution in [0.2, 0.25) is 0 Å². The smallest absolute Gasteiger partial charge is 0.238 e. The van der Waals surface area contributed by atoms with E-state index in [0.29, 0.717) is 5.56 Å². The predicted octanol–water partition coefficient (Wildman–Crippen LogP) is 0.579. The van der Waals surface area contributed by atoms with Crippen molar-refractivity contribution in [3.8, 4) is 0 Å². The van der Waals surface area contributed by atoms with E-state index >= 15 is 0 Å². The Kier molecular flexibility index (Phi) is 4.92. The second-order valence-electron chi connectivity index (χ2n) is 3.41. The van der Waals surface area contributed by atoms with Crippen LogP contribution in [0.1, 0.15) is 12.0 Å². The SMILES string of the molecule is NS(=O)(=O)c1cccc(CNC(=O)CCCl)c1. The van der Waals surface area contributed by atoms with Crippen molar-refractivity contribution in [2.24, 2.45) is 5.14 Å². The molecule has 94 valence electrons. The first-order valence-electron chi connectivity index (χ1n) is 4.88. The molecule has 0 fully saturated rings. The second-order valence-corrected chi connectivity index (χ2v) is 5.35. The molecule has 0 aliphatic heterocycles. The molecular weight excluding hydrogens is 264 g/mol. The Morgan fingerprint density at radius 1 is 1.41 bits per heavy atom. The van der Waals surface area contributed by atoms with E-state index in [1.54, 1.807) is 12.1 Å². The summed E-state index contributed by atoms with van der Waals surface area (Å²) in [6.45, 7) is 0.249. The van der Waals surface area contributed by atoms with E-state index in [1.807, 2.05) is 0 Å². The lowest BCUT2D eigenvalue weighted by atomic mass is 10.2. The standard InChI is InChI=1S/C10H13ClN2O3S/c11-5-4-10(14)13-7-8-2-1-3-9(6-8)17(12,15)16/h1-3,6H,4-5,7H2,(H,13,14)(H2,12,15,16). The van der Waals surface area contributed by atoms with Gasteiger partial charge in [0.15, 0.2) is 0 Å². The molecule has 1 aromatic rings. The number of benzene rings is 1. The third-order valence-electron chi connectivity index (χ3n) is 2.04. The summed E-state index contributed by atoms with van der Waals surface area (Å²) >= 11 is 5.41. The highest BCUT2D eigenvalue weighted by Crippen LogP contribution is 2.09. The minimum absolute atomic E-state index is 0.0293. The summed E-state index contributed by atoms with van der Waals surface area (Å²) in [6.07, 6.45) is 0.233. The zero-order valence-electron chi connectivity index (χ0n) is 9.02. The maximum atomic E-state index is 11.2. The molecule has 5 nitrogen and oxygen atoms in total. The average molecular weight is 277 g/mol. The molecule has 0 heterocycles. The van der Waals surface area contributed by atoms with Crippen LogP contribution in [0, 0.1) is 0 Å². The number of amides is 1. The van der Waals surface area contributed by atoms with E-state index in [9.17, 15) is 13.2 Å². The van der Waals surface area contributed by atoms with Gasteiger partial charge in [-0.2, -0.15) is 0 Å². The van der Waals surface area contributed by atoms with Crippen molar-refractivity contribution in [1.29, 1.82) is 0 Å². The number of primary sulfonamides is 1. The average Bonchev–Trinajstić information content (AvgIpc) is 2.26. The molecule has 0 atom stereocenters. The maximum Gasteiger partial charge on any atom is 0.238 e. The summed E-state index contributed by atoms with van der Waals surface area (Å²) in [4.78, 5) is 11.2. The summed E-state index contributed by atoms with van der Waals surface area (Å²) in [5.41, 5.74) is 0.666. The van der Waals surface area contributed by atoms with E-state index in [2.05, 4.69) is 5.32 Å². The van der Waals surface area contributed by atoms with Crippen molar-refractivity contribution in [2.75, 3.05) is 5.88 Å². The summed E-state index contributed by atoms with van der Waals surface area (Å²) in [5, 5.41) is 7.62. The fourth-order valence-corrected chi connectivity index (χ4v) is 1.96. The lowest BCUT2D eigenvalue weighted by Crippen LogP contribution is -2.23. The summed E-state index contributed by atoms with van der Waals surface area (Å²) in [5.74, 6) is 0.0734. The number of halogens is 1. The molecule has 0 spiro atoms. The lowest BCUT2D eigenvalue weighted by molar-refractivity contribution is -0.120. The van der Waals surface area contributed by atoms with Crippen molar-refractivity contribution in [3.63, 3.8) is 0 Å². The van der Waals surface area contributed by atoms with Crippen LogP contribution in [-0.4, -0.2) is 20.2 Å². The van der Waals surface area contributed by atoms with E-state index in [-0.39, 0.29) is 29.6 Å². The fraction of sp³-hybridized carbons (Fsp3) is 0.300. The van der Waals surface area contributed by atoms with Gasteiger partial charge in [-0.25, -0.2) is 13.6 Å². The van der Waals surface area contributed by atoms with Gasteiger partial charge in [0.25, 0.3) is 0 Å². The predicted molar refractivity (Wildman–Crippen MR) is 65.0 cm³/mol. The highest BCUT2D eigenvalue weighted by molar-refractivity contribution is 7.89. The number of carbonyl (C=O) groups excluding carboxylic acids is 1. The first-order chi connectivity index (χ1) is 7.93. The largest absolute Gasteiger partial charge is 0.352 e. The minimum Gasteiger partial charge on any atom is -0.352 e. The molecule has 1 amide bonds. The Bertz CT molecular complexity index is 502. The van der Waals surface area contributed by atoms with Gasteiger partial charge < -0.3 is 5.32 Å². The number of rotatable bonds is 5. The molecule has 0 saturated heterocycles. The third kappa shape index (κ3) is 4.72. The molecule has 0 radical (unpaired) electrons. The van der Waals surface area contributed by atoms with Crippen LogP contribution in [0.15, 0.2) is 29.2 Å². The van der Waals surface area contributed by atoms with Crippen molar-refractivity contribution >= 4 is 27.5 Å². The van der Waals surface area contributed by atoms with Crippen LogP contribution in [0.25, 0.3) is 0 Å². The molecule has 3 N–H and O–H groups in total. The topological polar surface area (TPSA) is 89.3 Å². The van der Waals surface area contributed by atoms with Crippen LogP contribution < -0.4 is 10.5 Å². The van der Waals surface area contributed by atoms with Crippen LogP contribution >= 0.6 is 11.6 Å². The van der Waals surface area contributed by atoms with E-state index < -0.39 is 10.0 Å². The van der Waals surface area contributed by atoms with Crippen molar-refractivity contribution in [3.05, 3.63) is 29.8 Å². The monoisotopic (exact) mass is 276 g/mol. The highest BCUT2D eigenvalue weighted by Gasteiger charge is 2.08. The van der Waals surface area contributed by atoms with Gasteiger partial charge in [0.2, 0.25) is 15.9 Å².